The minimum absolute atomic E-state index is 0.0741. The highest BCUT2D eigenvalue weighted by Gasteiger charge is 2.46. The topological polar surface area (TPSA) is 144 Å². The number of carbonyl (C=O) groups excluding carboxylic acids is 2. The van der Waals surface area contributed by atoms with Gasteiger partial charge in [-0.05, 0) is 19.8 Å². The van der Waals surface area contributed by atoms with Gasteiger partial charge in [-0.25, -0.2) is 18.4 Å². The molecule has 1 spiro atoms. The fraction of sp³-hybridized carbons (Fsp3) is 0.722. The molecule has 0 bridgehead atoms. The van der Waals surface area contributed by atoms with Gasteiger partial charge in [0, 0.05) is 45.0 Å². The van der Waals surface area contributed by atoms with E-state index in [0.29, 0.717) is 32.6 Å². The van der Waals surface area contributed by atoms with Gasteiger partial charge in [0.25, 0.3) is 0 Å². The molecule has 0 radical (unpaired) electrons. The maximum absolute atomic E-state index is 13.6. The third-order valence-electron chi connectivity index (χ3n) is 5.66. The molecule has 3 aliphatic rings. The van der Waals surface area contributed by atoms with Crippen molar-refractivity contribution in [2.75, 3.05) is 13.1 Å². The van der Waals surface area contributed by atoms with Gasteiger partial charge in [0.2, 0.25) is 11.8 Å². The lowest BCUT2D eigenvalue weighted by atomic mass is 9.87. The van der Waals surface area contributed by atoms with Crippen LogP contribution >= 0.6 is 0 Å². The number of amides is 3. The zero-order chi connectivity index (χ0) is 22.2. The molecule has 4 N–H and O–H groups in total. The van der Waals surface area contributed by atoms with Crippen LogP contribution in [-0.4, -0.2) is 76.0 Å². The Morgan fingerprint density at radius 3 is 2.43 bits per heavy atom. The van der Waals surface area contributed by atoms with Crippen LogP contribution in [0, 0.1) is 5.41 Å². The second kappa shape index (κ2) is 7.80. The molecule has 1 atom stereocenters. The number of carboxylic acid groups (broad SMARTS) is 1. The van der Waals surface area contributed by atoms with Crippen LogP contribution in [0.2, 0.25) is 0 Å². The molecule has 2 fully saturated rings. The van der Waals surface area contributed by atoms with Crippen molar-refractivity contribution in [3.63, 3.8) is 0 Å². The predicted molar refractivity (Wildman–Crippen MR) is 101 cm³/mol. The molecule has 3 amide bonds. The number of nitrogens with zero attached hydrogens (tertiary/aromatic N) is 2. The minimum Gasteiger partial charge on any atom is -0.477 e. The van der Waals surface area contributed by atoms with Crippen LogP contribution in [0.1, 0.15) is 45.4 Å². The Morgan fingerprint density at radius 1 is 1.33 bits per heavy atom. The first kappa shape index (κ1) is 21.9. The van der Waals surface area contributed by atoms with Crippen molar-refractivity contribution < 1.29 is 33.1 Å². The van der Waals surface area contributed by atoms with Gasteiger partial charge in [0.1, 0.15) is 11.6 Å². The number of aliphatic carboxylic acids is 1. The number of hydrogen-bond donors (Lipinski definition) is 4. The number of carbonyl (C=O) groups is 3. The molecule has 10 nitrogen and oxygen atoms in total. The molecule has 3 rings (SSSR count). The summed E-state index contributed by atoms with van der Waals surface area (Å²) in [6.07, 6.45) is 2.12. The summed E-state index contributed by atoms with van der Waals surface area (Å²) in [5, 5.41) is 24.9. The molecule has 0 aromatic rings. The van der Waals surface area contributed by atoms with Gasteiger partial charge in [-0.1, -0.05) is 5.16 Å². The molecule has 1 aliphatic carbocycles. The van der Waals surface area contributed by atoms with Crippen LogP contribution in [0.15, 0.2) is 5.16 Å². The van der Waals surface area contributed by atoms with Crippen LogP contribution in [0.25, 0.3) is 0 Å². The number of likely N-dealkylation sites (tertiary alicyclic amines) is 1. The van der Waals surface area contributed by atoms with Gasteiger partial charge in [-0.15, -0.1) is 0 Å². The van der Waals surface area contributed by atoms with Crippen LogP contribution < -0.4 is 10.6 Å². The maximum atomic E-state index is 13.6. The summed E-state index contributed by atoms with van der Waals surface area (Å²) in [6, 6.07) is -2.11. The molecule has 1 saturated carbocycles. The summed E-state index contributed by atoms with van der Waals surface area (Å²) < 4.78 is 27.2. The molecule has 30 heavy (non-hydrogen) atoms. The van der Waals surface area contributed by atoms with E-state index in [9.17, 15) is 23.2 Å². The molecular weight excluding hydrogens is 404 g/mol. The highest BCUT2D eigenvalue weighted by molar-refractivity contribution is 6.36. The van der Waals surface area contributed by atoms with Crippen molar-refractivity contribution in [2.45, 2.75) is 68.6 Å². The summed E-state index contributed by atoms with van der Waals surface area (Å²) in [4.78, 5) is 42.8. The lowest BCUT2D eigenvalue weighted by Gasteiger charge is -2.37. The van der Waals surface area contributed by atoms with Crippen LogP contribution in [-0.2, 0) is 14.4 Å². The average molecular weight is 429 g/mol. The Bertz CT molecular complexity index is 769. The Balaban J connectivity index is 1.57. The normalized spacial score (nSPS) is 22.5. The predicted octanol–water partition coefficient (Wildman–Crippen LogP) is 1.10. The molecule has 2 aliphatic heterocycles. The summed E-state index contributed by atoms with van der Waals surface area (Å²) in [5.41, 5.74) is -1.66. The number of halogens is 2. The quantitative estimate of drug-likeness (QED) is 0.448. The van der Waals surface area contributed by atoms with E-state index in [1.54, 1.807) is 0 Å². The van der Waals surface area contributed by atoms with Gasteiger partial charge in [-0.2, -0.15) is 0 Å². The largest absolute Gasteiger partial charge is 0.477 e. The van der Waals surface area contributed by atoms with Crippen LogP contribution in [0.5, 0.6) is 0 Å². The van der Waals surface area contributed by atoms with E-state index in [1.165, 1.54) is 4.90 Å². The van der Waals surface area contributed by atoms with Gasteiger partial charge in [0.05, 0.1) is 5.54 Å². The summed E-state index contributed by atoms with van der Waals surface area (Å²) in [7, 11) is 0. The van der Waals surface area contributed by atoms with E-state index in [2.05, 4.69) is 15.8 Å². The number of alkyl halides is 2. The SMILES string of the molecule is CC(F)(F)C[C@H](NC(=O)N1CCC2(CC1)CC(C(=O)O)=NO2)C(=O)NC1(C=N)CC1. The first-order chi connectivity index (χ1) is 14.0. The molecule has 12 heteroatoms. The fourth-order valence-corrected chi connectivity index (χ4v) is 3.60. The summed E-state index contributed by atoms with van der Waals surface area (Å²) in [6.45, 7) is 1.08. The molecule has 166 valence electrons. The maximum Gasteiger partial charge on any atom is 0.353 e. The molecule has 0 unspecified atom stereocenters. The molecule has 1 saturated heterocycles. The Morgan fingerprint density at radius 2 is 1.97 bits per heavy atom. The molecule has 0 aromatic carbocycles. The molecular formula is C18H25F2N5O5. The lowest BCUT2D eigenvalue weighted by Crippen LogP contribution is -2.57. The van der Waals surface area contributed by atoms with Gasteiger partial charge in [0.15, 0.2) is 5.71 Å². The van der Waals surface area contributed by atoms with Crippen molar-refractivity contribution in [2.24, 2.45) is 5.16 Å². The summed E-state index contributed by atoms with van der Waals surface area (Å²) in [5.74, 6) is -5.08. The average Bonchev–Trinajstić information content (AvgIpc) is 3.32. The van der Waals surface area contributed by atoms with E-state index in [-0.39, 0.29) is 25.2 Å². The number of hydrogen-bond acceptors (Lipinski definition) is 6. The smallest absolute Gasteiger partial charge is 0.353 e. The number of urea groups is 1. The van der Waals surface area contributed by atoms with Crippen LogP contribution in [0.3, 0.4) is 0 Å². The van der Waals surface area contributed by atoms with E-state index in [0.717, 1.165) is 6.21 Å². The Labute approximate surface area is 171 Å². The van der Waals surface area contributed by atoms with Gasteiger partial charge < -0.3 is 30.9 Å². The standard InChI is InChI=1S/C18H25F2N5O5/c1-16(19,20)8-11(13(26)23-17(10-21)2-3-17)22-15(29)25-6-4-18(5-7-25)9-12(14(27)28)24-30-18/h10-11,21H,2-9H2,1H3,(H,22,29)(H,23,26)(H,27,28)/t11-/m0/s1. The molecule has 0 aromatic heterocycles. The number of nitrogens with one attached hydrogen (secondary N) is 3. The highest BCUT2D eigenvalue weighted by atomic mass is 19.3. The van der Waals surface area contributed by atoms with Crippen molar-refractivity contribution in [3.8, 4) is 0 Å². The monoisotopic (exact) mass is 429 g/mol. The number of oxime groups is 1. The first-order valence-corrected chi connectivity index (χ1v) is 9.72. The second-order valence-electron chi connectivity index (χ2n) is 8.35. The summed E-state index contributed by atoms with van der Waals surface area (Å²) >= 11 is 0. The van der Waals surface area contributed by atoms with E-state index in [4.69, 9.17) is 15.4 Å². The van der Waals surface area contributed by atoms with Gasteiger partial charge in [-0.3, -0.25) is 4.79 Å². The zero-order valence-corrected chi connectivity index (χ0v) is 16.5. The second-order valence-corrected chi connectivity index (χ2v) is 8.35. The van der Waals surface area contributed by atoms with Crippen molar-refractivity contribution in [1.29, 1.82) is 5.41 Å². The number of rotatable bonds is 7. The number of piperidine rings is 1. The molecule has 2 heterocycles. The van der Waals surface area contributed by atoms with Crippen molar-refractivity contribution in [3.05, 3.63) is 0 Å². The minimum atomic E-state index is -3.18. The zero-order valence-electron chi connectivity index (χ0n) is 16.5. The highest BCUT2D eigenvalue weighted by Crippen LogP contribution is 2.35. The van der Waals surface area contributed by atoms with E-state index >= 15 is 0 Å². The Hall–Kier alpha value is -2.79. The lowest BCUT2D eigenvalue weighted by molar-refractivity contribution is -0.129. The van der Waals surface area contributed by atoms with E-state index < -0.39 is 47.4 Å². The van der Waals surface area contributed by atoms with Crippen molar-refractivity contribution >= 4 is 29.8 Å². The van der Waals surface area contributed by atoms with Crippen molar-refractivity contribution in [1.82, 2.24) is 15.5 Å². The third kappa shape index (κ3) is 5.03. The number of carboxylic acids is 1. The first-order valence-electron chi connectivity index (χ1n) is 9.72. The van der Waals surface area contributed by atoms with E-state index in [1.807, 2.05) is 0 Å². The van der Waals surface area contributed by atoms with Gasteiger partial charge >= 0.3 is 12.0 Å². The van der Waals surface area contributed by atoms with Crippen LogP contribution in [0.4, 0.5) is 13.6 Å². The Kier molecular flexibility index (Phi) is 5.70. The third-order valence-corrected chi connectivity index (χ3v) is 5.66. The fourth-order valence-electron chi connectivity index (χ4n) is 3.60.